The average Bonchev–Trinajstić information content (AvgIpc) is 2.79. The second-order valence-corrected chi connectivity index (χ2v) is 4.70. The second-order valence-electron chi connectivity index (χ2n) is 4.70. The van der Waals surface area contributed by atoms with Gasteiger partial charge in [-0.2, -0.15) is 13.2 Å². The van der Waals surface area contributed by atoms with Gasteiger partial charge in [0.05, 0.1) is 16.6 Å². The lowest BCUT2D eigenvalue weighted by atomic mass is 10.1. The Morgan fingerprint density at radius 1 is 0.952 bits per heavy atom. The number of benzene rings is 2. The van der Waals surface area contributed by atoms with E-state index < -0.39 is 11.7 Å². The van der Waals surface area contributed by atoms with Crippen molar-refractivity contribution in [2.24, 2.45) is 0 Å². The van der Waals surface area contributed by atoms with E-state index in [1.165, 1.54) is 6.07 Å². The molecule has 4 nitrogen and oxygen atoms in total. The van der Waals surface area contributed by atoms with Crippen LogP contribution >= 0.6 is 0 Å². The molecule has 3 aromatic rings. The number of hydrogen-bond acceptors (Lipinski definition) is 3. The quantitative estimate of drug-likeness (QED) is 0.601. The van der Waals surface area contributed by atoms with Gasteiger partial charge in [-0.3, -0.25) is 0 Å². The van der Waals surface area contributed by atoms with Crippen LogP contribution in [0.15, 0.2) is 36.4 Å². The third-order valence-corrected chi connectivity index (χ3v) is 3.06. The molecule has 0 fully saturated rings. The molecule has 1 heterocycles. The Balaban J connectivity index is 2.13. The van der Waals surface area contributed by atoms with Gasteiger partial charge in [-0.1, -0.05) is 0 Å². The number of alkyl halides is 3. The molecule has 0 amide bonds. The molecule has 7 heteroatoms. The Hall–Kier alpha value is -2.70. The van der Waals surface area contributed by atoms with E-state index in [-0.39, 0.29) is 0 Å². The van der Waals surface area contributed by atoms with E-state index in [0.717, 1.165) is 12.1 Å². The van der Waals surface area contributed by atoms with Crippen LogP contribution < -0.4 is 11.5 Å². The number of rotatable bonds is 1. The molecule has 108 valence electrons. The molecule has 0 saturated heterocycles. The molecule has 0 aliphatic carbocycles. The summed E-state index contributed by atoms with van der Waals surface area (Å²) < 4.78 is 38.1. The maximum absolute atomic E-state index is 12.7. The Labute approximate surface area is 117 Å². The van der Waals surface area contributed by atoms with Crippen LogP contribution in [-0.4, -0.2) is 9.97 Å². The SMILES string of the molecule is Nc1cc(N)cc(-c2nc3ccc(C(F)(F)F)cc3[nH]2)c1. The van der Waals surface area contributed by atoms with Crippen LogP contribution in [0, 0.1) is 0 Å². The highest BCUT2D eigenvalue weighted by Gasteiger charge is 2.30. The highest BCUT2D eigenvalue weighted by Crippen LogP contribution is 2.32. The molecular formula is C14H11F3N4. The van der Waals surface area contributed by atoms with Gasteiger partial charge in [-0.15, -0.1) is 0 Å². The molecule has 0 bridgehead atoms. The number of halogens is 3. The van der Waals surface area contributed by atoms with E-state index in [0.29, 0.717) is 33.8 Å². The average molecular weight is 292 g/mol. The second kappa shape index (κ2) is 4.41. The predicted molar refractivity (Wildman–Crippen MR) is 75.4 cm³/mol. The summed E-state index contributed by atoms with van der Waals surface area (Å²) in [7, 11) is 0. The van der Waals surface area contributed by atoms with Gasteiger partial charge >= 0.3 is 6.18 Å². The molecule has 0 spiro atoms. The standard InChI is InChI=1S/C14H11F3N4/c15-14(16,17)8-1-2-11-12(5-8)21-13(20-11)7-3-9(18)6-10(19)4-7/h1-6H,18-19H2,(H,20,21). The van der Waals surface area contributed by atoms with Gasteiger partial charge < -0.3 is 16.5 Å². The minimum Gasteiger partial charge on any atom is -0.399 e. The largest absolute Gasteiger partial charge is 0.416 e. The monoisotopic (exact) mass is 292 g/mol. The minimum atomic E-state index is -4.39. The van der Waals surface area contributed by atoms with E-state index >= 15 is 0 Å². The lowest BCUT2D eigenvalue weighted by Crippen LogP contribution is -2.04. The van der Waals surface area contributed by atoms with Crippen LogP contribution in [0.25, 0.3) is 22.4 Å². The van der Waals surface area contributed by atoms with Crippen molar-refractivity contribution in [3.63, 3.8) is 0 Å². The first-order valence-corrected chi connectivity index (χ1v) is 6.06. The van der Waals surface area contributed by atoms with Crippen molar-refractivity contribution in [2.75, 3.05) is 11.5 Å². The van der Waals surface area contributed by atoms with Crippen molar-refractivity contribution in [2.45, 2.75) is 6.18 Å². The van der Waals surface area contributed by atoms with E-state index in [4.69, 9.17) is 11.5 Å². The maximum atomic E-state index is 12.7. The lowest BCUT2D eigenvalue weighted by molar-refractivity contribution is -0.137. The van der Waals surface area contributed by atoms with Gasteiger partial charge in [0.25, 0.3) is 0 Å². The molecule has 0 atom stereocenters. The zero-order chi connectivity index (χ0) is 15.2. The number of imidazole rings is 1. The number of hydrogen-bond donors (Lipinski definition) is 3. The van der Waals surface area contributed by atoms with Gasteiger partial charge in [0.1, 0.15) is 5.82 Å². The summed E-state index contributed by atoms with van der Waals surface area (Å²) >= 11 is 0. The van der Waals surface area contributed by atoms with Gasteiger partial charge in [0, 0.05) is 16.9 Å². The summed E-state index contributed by atoms with van der Waals surface area (Å²) in [6.07, 6.45) is -4.39. The van der Waals surface area contributed by atoms with Gasteiger partial charge in [-0.05, 0) is 36.4 Å². The number of aromatic amines is 1. The third kappa shape index (κ3) is 2.49. The van der Waals surface area contributed by atoms with E-state index in [1.807, 2.05) is 0 Å². The minimum absolute atomic E-state index is 0.306. The Morgan fingerprint density at radius 3 is 2.24 bits per heavy atom. The fourth-order valence-electron chi connectivity index (χ4n) is 2.14. The summed E-state index contributed by atoms with van der Waals surface area (Å²) in [5.41, 5.74) is 13.0. The number of nitrogens with zero attached hydrogens (tertiary/aromatic N) is 1. The summed E-state index contributed by atoms with van der Waals surface area (Å²) in [6.45, 7) is 0. The van der Waals surface area contributed by atoms with Crippen molar-refractivity contribution in [3.05, 3.63) is 42.0 Å². The summed E-state index contributed by atoms with van der Waals surface area (Å²) in [5, 5.41) is 0. The summed E-state index contributed by atoms with van der Waals surface area (Å²) in [4.78, 5) is 7.11. The number of anilines is 2. The highest BCUT2D eigenvalue weighted by atomic mass is 19.4. The molecule has 21 heavy (non-hydrogen) atoms. The first-order valence-electron chi connectivity index (χ1n) is 6.06. The molecule has 0 unspecified atom stereocenters. The number of nitrogens with two attached hydrogens (primary N) is 2. The molecule has 2 aromatic carbocycles. The summed E-state index contributed by atoms with van der Waals surface area (Å²) in [6, 6.07) is 8.25. The maximum Gasteiger partial charge on any atom is 0.416 e. The zero-order valence-corrected chi connectivity index (χ0v) is 10.7. The molecule has 0 aliphatic heterocycles. The smallest absolute Gasteiger partial charge is 0.399 e. The molecule has 0 aliphatic rings. The highest BCUT2D eigenvalue weighted by molar-refractivity contribution is 5.81. The van der Waals surface area contributed by atoms with Crippen LogP contribution in [0.5, 0.6) is 0 Å². The van der Waals surface area contributed by atoms with Crippen LogP contribution in [0.1, 0.15) is 5.56 Å². The Bertz CT molecular complexity index is 800. The van der Waals surface area contributed by atoms with Crippen LogP contribution in [0.4, 0.5) is 24.5 Å². The van der Waals surface area contributed by atoms with Crippen molar-refractivity contribution < 1.29 is 13.2 Å². The van der Waals surface area contributed by atoms with Gasteiger partial charge in [0.15, 0.2) is 0 Å². The van der Waals surface area contributed by atoms with E-state index in [2.05, 4.69) is 9.97 Å². The lowest BCUT2D eigenvalue weighted by Gasteiger charge is -2.05. The van der Waals surface area contributed by atoms with Crippen molar-refractivity contribution in [3.8, 4) is 11.4 Å². The number of aromatic nitrogens is 2. The van der Waals surface area contributed by atoms with Crippen LogP contribution in [0.3, 0.4) is 0 Å². The molecule has 5 N–H and O–H groups in total. The number of H-pyrrole nitrogens is 1. The number of nitrogen functional groups attached to an aromatic ring is 2. The van der Waals surface area contributed by atoms with Crippen LogP contribution in [-0.2, 0) is 6.18 Å². The number of fused-ring (bicyclic) bond motifs is 1. The van der Waals surface area contributed by atoms with Gasteiger partial charge in [0.2, 0.25) is 0 Å². The predicted octanol–water partition coefficient (Wildman–Crippen LogP) is 3.41. The van der Waals surface area contributed by atoms with Crippen molar-refractivity contribution in [1.29, 1.82) is 0 Å². The third-order valence-electron chi connectivity index (χ3n) is 3.06. The Morgan fingerprint density at radius 2 is 1.62 bits per heavy atom. The van der Waals surface area contributed by atoms with Crippen molar-refractivity contribution >= 4 is 22.4 Å². The molecule has 3 rings (SSSR count). The Kier molecular flexibility index (Phi) is 2.79. The van der Waals surface area contributed by atoms with Gasteiger partial charge in [-0.25, -0.2) is 4.98 Å². The zero-order valence-electron chi connectivity index (χ0n) is 10.7. The molecular weight excluding hydrogens is 281 g/mol. The molecule has 0 saturated carbocycles. The summed E-state index contributed by atoms with van der Waals surface area (Å²) in [5.74, 6) is 0.420. The topological polar surface area (TPSA) is 80.7 Å². The molecule has 0 radical (unpaired) electrons. The first-order chi connectivity index (χ1) is 9.83. The van der Waals surface area contributed by atoms with Crippen LogP contribution in [0.2, 0.25) is 0 Å². The fraction of sp³-hybridized carbons (Fsp3) is 0.0714. The normalized spacial score (nSPS) is 12.0. The number of nitrogens with one attached hydrogen (secondary N) is 1. The van der Waals surface area contributed by atoms with E-state index in [9.17, 15) is 13.2 Å². The first kappa shape index (κ1) is 13.3. The fourth-order valence-corrected chi connectivity index (χ4v) is 2.14. The van der Waals surface area contributed by atoms with E-state index in [1.54, 1.807) is 18.2 Å². The molecule has 1 aromatic heterocycles. The van der Waals surface area contributed by atoms with Crippen molar-refractivity contribution in [1.82, 2.24) is 9.97 Å².